The molecule has 0 fully saturated rings. The molecule has 0 aliphatic rings. The van der Waals surface area contributed by atoms with Gasteiger partial charge >= 0.3 is 6.09 Å². The summed E-state index contributed by atoms with van der Waals surface area (Å²) in [4.78, 5) is 21.2. The molecule has 0 radical (unpaired) electrons. The number of rotatable bonds is 4. The summed E-state index contributed by atoms with van der Waals surface area (Å²) in [6.07, 6.45) is 1.00. The van der Waals surface area contributed by atoms with Crippen molar-refractivity contribution in [2.75, 3.05) is 5.32 Å². The Kier molecular flexibility index (Phi) is 4.94. The third-order valence-corrected chi connectivity index (χ3v) is 3.19. The van der Waals surface area contributed by atoms with Crippen molar-refractivity contribution in [2.45, 2.75) is 0 Å². The van der Waals surface area contributed by atoms with Crippen molar-refractivity contribution >= 4 is 17.5 Å². The van der Waals surface area contributed by atoms with Crippen LogP contribution < -0.4 is 5.32 Å². The van der Waals surface area contributed by atoms with Crippen molar-refractivity contribution in [3.05, 3.63) is 96.3 Å². The Hall–Kier alpha value is -3.47. The molecule has 1 N–H and O–H groups in total. The molecule has 5 nitrogen and oxygen atoms in total. The summed E-state index contributed by atoms with van der Waals surface area (Å²) in [7, 11) is 0. The molecule has 0 aliphatic carbocycles. The zero-order valence-electron chi connectivity index (χ0n) is 12.8. The number of oxime groups is 1. The largest absolute Gasteiger partial charge is 0.437 e. The molecule has 0 spiro atoms. The van der Waals surface area contributed by atoms with Gasteiger partial charge in [0.2, 0.25) is 0 Å². The molecule has 1 aromatic heterocycles. The van der Waals surface area contributed by atoms with Gasteiger partial charge in [0.25, 0.3) is 0 Å². The van der Waals surface area contributed by atoms with Gasteiger partial charge in [-0.2, -0.15) is 0 Å². The van der Waals surface area contributed by atoms with E-state index < -0.39 is 6.09 Å². The van der Waals surface area contributed by atoms with E-state index in [4.69, 9.17) is 4.84 Å². The van der Waals surface area contributed by atoms with Crippen LogP contribution in [0.15, 0.2) is 90.2 Å². The second-order valence-corrected chi connectivity index (χ2v) is 4.89. The first kappa shape index (κ1) is 15.4. The van der Waals surface area contributed by atoms with Crippen LogP contribution in [0.1, 0.15) is 11.3 Å². The van der Waals surface area contributed by atoms with Crippen molar-refractivity contribution < 1.29 is 9.63 Å². The fourth-order valence-electron chi connectivity index (χ4n) is 2.10. The molecular formula is C19H15N3O2. The monoisotopic (exact) mass is 317 g/mol. The van der Waals surface area contributed by atoms with Crippen molar-refractivity contribution in [3.63, 3.8) is 0 Å². The molecule has 24 heavy (non-hydrogen) atoms. The van der Waals surface area contributed by atoms with Crippen LogP contribution in [0.3, 0.4) is 0 Å². The zero-order valence-corrected chi connectivity index (χ0v) is 12.8. The molecule has 0 bridgehead atoms. The van der Waals surface area contributed by atoms with Crippen LogP contribution >= 0.6 is 0 Å². The van der Waals surface area contributed by atoms with Gasteiger partial charge in [-0.05, 0) is 24.3 Å². The van der Waals surface area contributed by atoms with E-state index in [-0.39, 0.29) is 0 Å². The number of aromatic nitrogens is 1. The van der Waals surface area contributed by atoms with E-state index in [1.165, 1.54) is 0 Å². The molecule has 3 rings (SSSR count). The van der Waals surface area contributed by atoms with Crippen molar-refractivity contribution in [2.24, 2.45) is 5.16 Å². The van der Waals surface area contributed by atoms with E-state index in [2.05, 4.69) is 15.5 Å². The van der Waals surface area contributed by atoms with Crippen LogP contribution in [0.2, 0.25) is 0 Å². The molecule has 5 heteroatoms. The molecule has 118 valence electrons. The Bertz CT molecular complexity index is 778. The highest BCUT2D eigenvalue weighted by Crippen LogP contribution is 2.10. The van der Waals surface area contributed by atoms with E-state index in [0.717, 1.165) is 5.56 Å². The van der Waals surface area contributed by atoms with Gasteiger partial charge in [-0.15, -0.1) is 0 Å². The number of benzene rings is 2. The summed E-state index contributed by atoms with van der Waals surface area (Å²) >= 11 is 0. The maximum absolute atomic E-state index is 11.9. The topological polar surface area (TPSA) is 63.6 Å². The van der Waals surface area contributed by atoms with Crippen molar-refractivity contribution in [1.82, 2.24) is 4.98 Å². The first-order chi connectivity index (χ1) is 11.8. The minimum absolute atomic E-state index is 0.486. The Labute approximate surface area is 139 Å². The number of carbonyl (C=O) groups is 1. The van der Waals surface area contributed by atoms with E-state index in [1.54, 1.807) is 18.3 Å². The van der Waals surface area contributed by atoms with Crippen LogP contribution in [0.5, 0.6) is 0 Å². The normalized spacial score (nSPS) is 10.9. The Morgan fingerprint density at radius 3 is 2.21 bits per heavy atom. The summed E-state index contributed by atoms with van der Waals surface area (Å²) in [6, 6.07) is 24.0. The Morgan fingerprint density at radius 2 is 1.54 bits per heavy atom. The molecule has 1 heterocycles. The number of anilines is 1. The maximum atomic E-state index is 11.9. The number of pyridine rings is 1. The van der Waals surface area contributed by atoms with E-state index in [0.29, 0.717) is 17.1 Å². The van der Waals surface area contributed by atoms with Gasteiger partial charge in [0.05, 0.1) is 5.69 Å². The first-order valence-electron chi connectivity index (χ1n) is 7.41. The SMILES string of the molecule is O=C(Nc1ccccc1)O/N=C(\c1ccccc1)c1ccccn1. The van der Waals surface area contributed by atoms with Gasteiger partial charge in [-0.1, -0.05) is 59.8 Å². The Balaban J connectivity index is 1.81. The molecule has 0 atom stereocenters. The molecule has 0 saturated heterocycles. The lowest BCUT2D eigenvalue weighted by atomic mass is 10.1. The standard InChI is InChI=1S/C19H15N3O2/c23-19(21-16-11-5-2-6-12-16)24-22-18(15-9-3-1-4-10-15)17-13-7-8-14-20-17/h1-14H,(H,21,23)/b22-18+. The van der Waals surface area contributed by atoms with Crippen LogP contribution in [-0.4, -0.2) is 16.8 Å². The van der Waals surface area contributed by atoms with E-state index >= 15 is 0 Å². The third kappa shape index (κ3) is 4.04. The number of para-hydroxylation sites is 1. The van der Waals surface area contributed by atoms with Gasteiger partial charge in [0.15, 0.2) is 0 Å². The zero-order chi connectivity index (χ0) is 16.6. The van der Waals surface area contributed by atoms with Gasteiger partial charge < -0.3 is 0 Å². The highest BCUT2D eigenvalue weighted by Gasteiger charge is 2.10. The predicted octanol–water partition coefficient (Wildman–Crippen LogP) is 4.08. The van der Waals surface area contributed by atoms with Crippen LogP contribution in [0.25, 0.3) is 0 Å². The van der Waals surface area contributed by atoms with E-state index in [1.807, 2.05) is 66.7 Å². The lowest BCUT2D eigenvalue weighted by molar-refractivity contribution is 0.166. The van der Waals surface area contributed by atoms with Gasteiger partial charge in [0, 0.05) is 17.4 Å². The lowest BCUT2D eigenvalue weighted by Gasteiger charge is -2.06. The summed E-state index contributed by atoms with van der Waals surface area (Å²) in [5, 5.41) is 6.61. The molecular weight excluding hydrogens is 302 g/mol. The number of hydrogen-bond donors (Lipinski definition) is 1. The van der Waals surface area contributed by atoms with Crippen molar-refractivity contribution in [1.29, 1.82) is 0 Å². The van der Waals surface area contributed by atoms with Crippen LogP contribution in [0.4, 0.5) is 10.5 Å². The highest BCUT2D eigenvalue weighted by molar-refractivity contribution is 6.11. The van der Waals surface area contributed by atoms with E-state index in [9.17, 15) is 4.79 Å². The lowest BCUT2D eigenvalue weighted by Crippen LogP contribution is -2.13. The number of amides is 1. The number of hydrogen-bond acceptors (Lipinski definition) is 4. The van der Waals surface area contributed by atoms with Crippen LogP contribution in [-0.2, 0) is 4.84 Å². The Morgan fingerprint density at radius 1 is 0.875 bits per heavy atom. The number of nitrogens with one attached hydrogen (secondary N) is 1. The molecule has 2 aromatic carbocycles. The first-order valence-corrected chi connectivity index (χ1v) is 7.41. The molecule has 1 amide bonds. The minimum atomic E-state index is -0.662. The molecule has 0 unspecified atom stereocenters. The van der Waals surface area contributed by atoms with Gasteiger partial charge in [-0.25, -0.2) is 4.79 Å². The second-order valence-electron chi connectivity index (χ2n) is 4.89. The fourth-order valence-corrected chi connectivity index (χ4v) is 2.10. The minimum Gasteiger partial charge on any atom is -0.297 e. The fraction of sp³-hybridized carbons (Fsp3) is 0. The van der Waals surface area contributed by atoms with Gasteiger partial charge in [-0.3, -0.25) is 15.1 Å². The second kappa shape index (κ2) is 7.69. The average molecular weight is 317 g/mol. The third-order valence-electron chi connectivity index (χ3n) is 3.19. The smallest absolute Gasteiger partial charge is 0.297 e. The molecule has 3 aromatic rings. The van der Waals surface area contributed by atoms with Gasteiger partial charge in [0.1, 0.15) is 5.71 Å². The average Bonchev–Trinajstić information content (AvgIpc) is 2.64. The molecule has 0 aliphatic heterocycles. The maximum Gasteiger partial charge on any atom is 0.437 e. The summed E-state index contributed by atoms with van der Waals surface area (Å²) in [5.74, 6) is 0. The van der Waals surface area contributed by atoms with Crippen molar-refractivity contribution in [3.8, 4) is 0 Å². The highest BCUT2D eigenvalue weighted by atomic mass is 16.7. The number of carbonyl (C=O) groups excluding carboxylic acids is 1. The molecule has 0 saturated carbocycles. The summed E-state index contributed by atoms with van der Waals surface area (Å²) in [5.41, 5.74) is 2.55. The number of nitrogens with zero attached hydrogens (tertiary/aromatic N) is 2. The summed E-state index contributed by atoms with van der Waals surface area (Å²) < 4.78 is 0. The van der Waals surface area contributed by atoms with Crippen LogP contribution in [0, 0.1) is 0 Å². The summed E-state index contributed by atoms with van der Waals surface area (Å²) in [6.45, 7) is 0. The predicted molar refractivity (Wildman–Crippen MR) is 92.9 cm³/mol. The quantitative estimate of drug-likeness (QED) is 0.448.